The zero-order valence-electron chi connectivity index (χ0n) is 3.76. The molecular weight excluding hydrogens is 90.1 g/mol. The van der Waals surface area contributed by atoms with E-state index >= 15 is 0 Å². The first-order valence-corrected chi connectivity index (χ1v) is 1.87. The van der Waals surface area contributed by atoms with E-state index in [-0.39, 0.29) is 0 Å². The molecule has 0 atom stereocenters. The van der Waals surface area contributed by atoms with Crippen LogP contribution in [-0.4, -0.2) is 0 Å². The summed E-state index contributed by atoms with van der Waals surface area (Å²) in [6.45, 7) is 3.49. The van der Waals surface area contributed by atoms with Crippen LogP contribution in [0.15, 0.2) is 34.4 Å². The molecule has 0 bridgehead atoms. The summed E-state index contributed by atoms with van der Waals surface area (Å²) >= 11 is 0. The fourth-order valence-electron chi connectivity index (χ4n) is 0.350. The van der Waals surface area contributed by atoms with Crippen molar-refractivity contribution < 1.29 is 0 Å². The maximum atomic E-state index is 5.16. The Morgan fingerprint density at radius 2 is 2.29 bits per heavy atom. The Morgan fingerprint density at radius 1 is 1.57 bits per heavy atom. The zero-order valence-corrected chi connectivity index (χ0v) is 3.76. The number of nitrogens with two attached hydrogens (primary N) is 1. The zero-order chi connectivity index (χ0) is 5.28. The lowest BCUT2D eigenvalue weighted by Gasteiger charge is -1.71. The molecule has 0 fully saturated rings. The highest BCUT2D eigenvalue weighted by Gasteiger charge is 1.94. The van der Waals surface area contributed by atoms with Crippen LogP contribution in [0.3, 0.4) is 0 Å². The van der Waals surface area contributed by atoms with Gasteiger partial charge in [-0.1, -0.05) is 6.58 Å². The summed E-state index contributed by atoms with van der Waals surface area (Å²) in [6.07, 6.45) is 1.61. The maximum Gasteiger partial charge on any atom is 0.148 e. The van der Waals surface area contributed by atoms with E-state index in [1.165, 1.54) is 0 Å². The second-order valence-electron chi connectivity index (χ2n) is 1.26. The summed E-state index contributed by atoms with van der Waals surface area (Å²) < 4.78 is 0. The molecule has 0 saturated carbocycles. The van der Waals surface area contributed by atoms with Gasteiger partial charge in [0.25, 0.3) is 0 Å². The van der Waals surface area contributed by atoms with E-state index in [0.717, 1.165) is 0 Å². The SMILES string of the molecule is C=C1C=C(N)N=N1. The number of hydrogen-bond acceptors (Lipinski definition) is 3. The number of allylic oxidation sites excluding steroid dienone is 1. The molecule has 0 radical (unpaired) electrons. The van der Waals surface area contributed by atoms with Crippen molar-refractivity contribution in [3.8, 4) is 0 Å². The number of hydrogen-bond donors (Lipinski definition) is 1. The Kier molecular flexibility index (Phi) is 0.685. The largest absolute Gasteiger partial charge is 0.382 e. The molecule has 7 heavy (non-hydrogen) atoms. The summed E-state index contributed by atoms with van der Waals surface area (Å²) in [6, 6.07) is 0. The van der Waals surface area contributed by atoms with Crippen molar-refractivity contribution in [3.05, 3.63) is 24.2 Å². The van der Waals surface area contributed by atoms with Crippen LogP contribution in [0.1, 0.15) is 0 Å². The molecule has 0 amide bonds. The van der Waals surface area contributed by atoms with Crippen LogP contribution in [0.5, 0.6) is 0 Å². The third kappa shape index (κ3) is 0.652. The Hall–Kier alpha value is -1.12. The van der Waals surface area contributed by atoms with Crippen LogP contribution < -0.4 is 5.73 Å². The van der Waals surface area contributed by atoms with Gasteiger partial charge in [0.15, 0.2) is 0 Å². The third-order valence-corrected chi connectivity index (χ3v) is 0.608. The van der Waals surface area contributed by atoms with Crippen LogP contribution in [-0.2, 0) is 0 Å². The Balaban J connectivity index is 2.88. The molecule has 1 aliphatic rings. The fraction of sp³-hybridized carbons (Fsp3) is 0. The van der Waals surface area contributed by atoms with Gasteiger partial charge in [-0.3, -0.25) is 0 Å². The lowest BCUT2D eigenvalue weighted by atomic mass is 10.5. The van der Waals surface area contributed by atoms with Crippen molar-refractivity contribution in [2.24, 2.45) is 16.0 Å². The van der Waals surface area contributed by atoms with Crippen molar-refractivity contribution in [2.75, 3.05) is 0 Å². The molecule has 1 rings (SSSR count). The van der Waals surface area contributed by atoms with E-state index in [9.17, 15) is 0 Å². The minimum atomic E-state index is 0.435. The molecule has 0 unspecified atom stereocenters. The van der Waals surface area contributed by atoms with E-state index in [4.69, 9.17) is 5.73 Å². The van der Waals surface area contributed by atoms with Crippen LogP contribution in [0.4, 0.5) is 0 Å². The van der Waals surface area contributed by atoms with E-state index < -0.39 is 0 Å². The quantitative estimate of drug-likeness (QED) is 0.474. The minimum absolute atomic E-state index is 0.435. The smallest absolute Gasteiger partial charge is 0.148 e. The predicted octanol–water partition coefficient (Wildman–Crippen LogP) is 0.766. The third-order valence-electron chi connectivity index (χ3n) is 0.608. The molecule has 1 aliphatic heterocycles. The van der Waals surface area contributed by atoms with Gasteiger partial charge in [-0.25, -0.2) is 0 Å². The van der Waals surface area contributed by atoms with Gasteiger partial charge in [0.1, 0.15) is 5.82 Å². The predicted molar refractivity (Wildman–Crippen MR) is 26.3 cm³/mol. The molecule has 0 saturated heterocycles. The topological polar surface area (TPSA) is 50.7 Å². The molecule has 3 heteroatoms. The Bertz CT molecular complexity index is 154. The summed E-state index contributed by atoms with van der Waals surface area (Å²) in [5.41, 5.74) is 5.79. The van der Waals surface area contributed by atoms with Crippen molar-refractivity contribution in [1.82, 2.24) is 0 Å². The standard InChI is InChI=1S/C4H5N3/c1-3-2-4(5)7-6-3/h2H,1,5H2. The second-order valence-corrected chi connectivity index (χ2v) is 1.26. The van der Waals surface area contributed by atoms with Gasteiger partial charge in [-0.05, 0) is 0 Å². The summed E-state index contributed by atoms with van der Waals surface area (Å²) in [4.78, 5) is 0. The van der Waals surface area contributed by atoms with Crippen LogP contribution >= 0.6 is 0 Å². The lowest BCUT2D eigenvalue weighted by Crippen LogP contribution is -1.86. The highest BCUT2D eigenvalue weighted by atomic mass is 15.2. The summed E-state index contributed by atoms with van der Waals surface area (Å²) in [5.74, 6) is 0.435. The van der Waals surface area contributed by atoms with Gasteiger partial charge in [0, 0.05) is 6.08 Å². The van der Waals surface area contributed by atoms with Crippen molar-refractivity contribution >= 4 is 0 Å². The molecule has 0 aromatic heterocycles. The first-order chi connectivity index (χ1) is 3.29. The van der Waals surface area contributed by atoms with Gasteiger partial charge < -0.3 is 5.73 Å². The molecular formula is C4H5N3. The molecule has 0 aliphatic carbocycles. The normalized spacial score (nSPS) is 17.7. The first-order valence-electron chi connectivity index (χ1n) is 1.87. The van der Waals surface area contributed by atoms with Crippen LogP contribution in [0, 0.1) is 0 Å². The van der Waals surface area contributed by atoms with Gasteiger partial charge in [0.2, 0.25) is 0 Å². The maximum absolute atomic E-state index is 5.16. The van der Waals surface area contributed by atoms with Gasteiger partial charge in [0.05, 0.1) is 5.70 Å². The van der Waals surface area contributed by atoms with E-state index in [2.05, 4.69) is 16.8 Å². The van der Waals surface area contributed by atoms with Gasteiger partial charge in [-0.2, -0.15) is 0 Å². The second kappa shape index (κ2) is 1.18. The molecule has 0 aromatic rings. The van der Waals surface area contributed by atoms with Crippen LogP contribution in [0.2, 0.25) is 0 Å². The Morgan fingerprint density at radius 3 is 2.43 bits per heavy atom. The van der Waals surface area contributed by atoms with Gasteiger partial charge >= 0.3 is 0 Å². The Labute approximate surface area is 41.2 Å². The molecule has 3 nitrogen and oxygen atoms in total. The average molecular weight is 95.1 g/mol. The van der Waals surface area contributed by atoms with Gasteiger partial charge in [-0.15, -0.1) is 10.2 Å². The molecule has 2 N–H and O–H groups in total. The number of azo groups is 1. The highest BCUT2D eigenvalue weighted by Crippen LogP contribution is 2.07. The lowest BCUT2D eigenvalue weighted by molar-refractivity contribution is 1.14. The molecule has 1 heterocycles. The van der Waals surface area contributed by atoms with Crippen molar-refractivity contribution in [2.45, 2.75) is 0 Å². The monoisotopic (exact) mass is 95.0 g/mol. The summed E-state index contributed by atoms with van der Waals surface area (Å²) in [5, 5.41) is 7.01. The van der Waals surface area contributed by atoms with E-state index in [1.807, 2.05) is 0 Å². The number of nitrogens with zero attached hydrogens (tertiary/aromatic N) is 2. The van der Waals surface area contributed by atoms with E-state index in [0.29, 0.717) is 11.5 Å². The minimum Gasteiger partial charge on any atom is -0.382 e. The van der Waals surface area contributed by atoms with Crippen LogP contribution in [0.25, 0.3) is 0 Å². The fourth-order valence-corrected chi connectivity index (χ4v) is 0.350. The molecule has 0 spiro atoms. The number of rotatable bonds is 0. The van der Waals surface area contributed by atoms with Crippen molar-refractivity contribution in [3.63, 3.8) is 0 Å². The molecule has 36 valence electrons. The highest BCUT2D eigenvalue weighted by molar-refractivity contribution is 5.20. The first kappa shape index (κ1) is 4.05. The average Bonchev–Trinajstić information content (AvgIpc) is 1.87. The summed E-state index contributed by atoms with van der Waals surface area (Å²) in [7, 11) is 0. The molecule has 0 aromatic carbocycles. The van der Waals surface area contributed by atoms with E-state index in [1.54, 1.807) is 6.08 Å². The van der Waals surface area contributed by atoms with Crippen molar-refractivity contribution in [1.29, 1.82) is 0 Å².